The third-order valence-corrected chi connectivity index (χ3v) is 3.03. The molecule has 0 fully saturated rings. The van der Waals surface area contributed by atoms with Crippen LogP contribution in [0, 0.1) is 6.92 Å². The Bertz CT molecular complexity index is 659. The second kappa shape index (κ2) is 7.98. The molecule has 0 aliphatic rings. The van der Waals surface area contributed by atoms with Gasteiger partial charge in [0.1, 0.15) is 5.75 Å². The number of rotatable bonds is 4. The van der Waals surface area contributed by atoms with Crippen LogP contribution in [-0.4, -0.2) is 18.9 Å². The molecule has 120 valence electrons. The molecule has 0 N–H and O–H groups in total. The molecule has 0 heterocycles. The van der Waals surface area contributed by atoms with Gasteiger partial charge >= 0.3 is 12.3 Å². The van der Waals surface area contributed by atoms with E-state index in [1.165, 1.54) is 5.56 Å². The fourth-order valence-corrected chi connectivity index (χ4v) is 1.86. The molecule has 0 aliphatic heterocycles. The van der Waals surface area contributed by atoms with Crippen molar-refractivity contribution in [1.82, 2.24) is 0 Å². The van der Waals surface area contributed by atoms with Crippen LogP contribution < -0.4 is 4.74 Å². The summed E-state index contributed by atoms with van der Waals surface area (Å²) in [7, 11) is 0. The SMILES string of the molecule is CCCOC(=O)OC(=O)Oc1ccc(-c2ccc(C)cc2)cc1. The van der Waals surface area contributed by atoms with Crippen LogP contribution >= 0.6 is 0 Å². The maximum absolute atomic E-state index is 11.4. The van der Waals surface area contributed by atoms with E-state index in [4.69, 9.17) is 4.74 Å². The highest BCUT2D eigenvalue weighted by molar-refractivity contribution is 5.78. The smallest absolute Gasteiger partial charge is 0.434 e. The molecule has 2 aromatic rings. The fourth-order valence-electron chi connectivity index (χ4n) is 1.86. The monoisotopic (exact) mass is 314 g/mol. The minimum absolute atomic E-state index is 0.192. The molecule has 5 heteroatoms. The summed E-state index contributed by atoms with van der Waals surface area (Å²) in [5, 5.41) is 0. The number of aryl methyl sites for hydroxylation is 1. The largest absolute Gasteiger partial charge is 0.524 e. The van der Waals surface area contributed by atoms with Crippen LogP contribution in [0.25, 0.3) is 11.1 Å². The Morgan fingerprint density at radius 1 is 0.870 bits per heavy atom. The summed E-state index contributed by atoms with van der Waals surface area (Å²) in [6, 6.07) is 15.0. The van der Waals surface area contributed by atoms with Crippen LogP contribution in [0.15, 0.2) is 48.5 Å². The Hall–Kier alpha value is -2.82. The first-order valence-electron chi connectivity index (χ1n) is 7.32. The molecular formula is C18H18O5. The van der Waals surface area contributed by atoms with E-state index >= 15 is 0 Å². The maximum atomic E-state index is 11.4. The average molecular weight is 314 g/mol. The normalized spacial score (nSPS) is 10.0. The van der Waals surface area contributed by atoms with Gasteiger partial charge in [-0.1, -0.05) is 48.9 Å². The van der Waals surface area contributed by atoms with E-state index < -0.39 is 12.3 Å². The lowest BCUT2D eigenvalue weighted by Gasteiger charge is -2.06. The van der Waals surface area contributed by atoms with Gasteiger partial charge in [0.05, 0.1) is 6.61 Å². The molecule has 0 unspecified atom stereocenters. The predicted octanol–water partition coefficient (Wildman–Crippen LogP) is 4.72. The molecule has 0 saturated heterocycles. The summed E-state index contributed by atoms with van der Waals surface area (Å²) < 4.78 is 13.9. The van der Waals surface area contributed by atoms with Crippen molar-refractivity contribution in [3.8, 4) is 16.9 Å². The summed E-state index contributed by atoms with van der Waals surface area (Å²) in [6.07, 6.45) is -1.53. The van der Waals surface area contributed by atoms with Gasteiger partial charge in [0.15, 0.2) is 0 Å². The third kappa shape index (κ3) is 5.14. The highest BCUT2D eigenvalue weighted by Gasteiger charge is 2.13. The van der Waals surface area contributed by atoms with E-state index in [1.807, 2.05) is 50.2 Å². The molecule has 0 aliphatic carbocycles. The Balaban J connectivity index is 1.93. The lowest BCUT2D eigenvalue weighted by atomic mass is 10.0. The zero-order chi connectivity index (χ0) is 16.7. The summed E-state index contributed by atoms with van der Waals surface area (Å²) in [6.45, 7) is 4.05. The van der Waals surface area contributed by atoms with E-state index in [0.29, 0.717) is 6.42 Å². The maximum Gasteiger partial charge on any atom is 0.524 e. The van der Waals surface area contributed by atoms with Crippen molar-refractivity contribution in [1.29, 1.82) is 0 Å². The quantitative estimate of drug-likeness (QED) is 0.464. The number of ether oxygens (including phenoxy) is 3. The highest BCUT2D eigenvalue weighted by Crippen LogP contribution is 2.23. The van der Waals surface area contributed by atoms with Crippen molar-refractivity contribution in [2.45, 2.75) is 20.3 Å². The molecule has 0 atom stereocenters. The van der Waals surface area contributed by atoms with E-state index in [2.05, 4.69) is 9.47 Å². The second-order valence-corrected chi connectivity index (χ2v) is 4.94. The van der Waals surface area contributed by atoms with Crippen molar-refractivity contribution >= 4 is 12.3 Å². The minimum Gasteiger partial charge on any atom is -0.434 e. The summed E-state index contributed by atoms with van der Waals surface area (Å²) in [5.74, 6) is 0.286. The number of hydrogen-bond donors (Lipinski definition) is 0. The molecule has 23 heavy (non-hydrogen) atoms. The topological polar surface area (TPSA) is 61.8 Å². The first kappa shape index (κ1) is 16.5. The Morgan fingerprint density at radius 2 is 1.43 bits per heavy atom. The van der Waals surface area contributed by atoms with Crippen LogP contribution in [0.1, 0.15) is 18.9 Å². The first-order valence-corrected chi connectivity index (χ1v) is 7.32. The first-order chi connectivity index (χ1) is 11.1. The third-order valence-electron chi connectivity index (χ3n) is 3.03. The van der Waals surface area contributed by atoms with Gasteiger partial charge in [-0.25, -0.2) is 9.59 Å². The Kier molecular flexibility index (Phi) is 5.74. The van der Waals surface area contributed by atoms with Crippen molar-refractivity contribution in [2.24, 2.45) is 0 Å². The van der Waals surface area contributed by atoms with Crippen LogP contribution in [0.5, 0.6) is 5.75 Å². The van der Waals surface area contributed by atoms with Gasteiger partial charge in [0.2, 0.25) is 0 Å². The van der Waals surface area contributed by atoms with Gasteiger partial charge in [0.25, 0.3) is 0 Å². The lowest BCUT2D eigenvalue weighted by molar-refractivity contribution is 0.0581. The summed E-state index contributed by atoms with van der Waals surface area (Å²) >= 11 is 0. The van der Waals surface area contributed by atoms with E-state index in [-0.39, 0.29) is 12.4 Å². The minimum atomic E-state index is -1.12. The zero-order valence-corrected chi connectivity index (χ0v) is 13.1. The van der Waals surface area contributed by atoms with Gasteiger partial charge in [-0.2, -0.15) is 0 Å². The molecule has 2 aromatic carbocycles. The number of carbonyl (C=O) groups is 2. The van der Waals surface area contributed by atoms with Gasteiger partial charge in [-0.05, 0) is 36.6 Å². The Morgan fingerprint density at radius 3 is 2.00 bits per heavy atom. The van der Waals surface area contributed by atoms with Gasteiger partial charge < -0.3 is 14.2 Å². The molecule has 0 saturated carbocycles. The van der Waals surface area contributed by atoms with Crippen molar-refractivity contribution in [2.75, 3.05) is 6.61 Å². The standard InChI is InChI=1S/C18H18O5/c1-3-12-21-17(19)23-18(20)22-16-10-8-15(9-11-16)14-6-4-13(2)5-7-14/h4-11H,3,12H2,1-2H3. The molecule has 0 amide bonds. The van der Waals surface area contributed by atoms with Gasteiger partial charge in [-0.3, -0.25) is 0 Å². The lowest BCUT2D eigenvalue weighted by Crippen LogP contribution is -2.17. The summed E-state index contributed by atoms with van der Waals surface area (Å²) in [4.78, 5) is 22.6. The highest BCUT2D eigenvalue weighted by atomic mass is 16.8. The van der Waals surface area contributed by atoms with E-state index in [9.17, 15) is 9.59 Å². The van der Waals surface area contributed by atoms with Crippen molar-refractivity contribution in [3.05, 3.63) is 54.1 Å². The molecule has 0 radical (unpaired) electrons. The Labute approximate surface area is 134 Å². The van der Waals surface area contributed by atoms with Crippen molar-refractivity contribution < 1.29 is 23.8 Å². The molecule has 2 rings (SSSR count). The van der Waals surface area contributed by atoms with E-state index in [0.717, 1.165) is 11.1 Å². The van der Waals surface area contributed by atoms with E-state index in [1.54, 1.807) is 12.1 Å². The number of carbonyl (C=O) groups excluding carboxylic acids is 2. The molecule has 5 nitrogen and oxygen atoms in total. The average Bonchev–Trinajstić information content (AvgIpc) is 2.54. The predicted molar refractivity (Wildman–Crippen MR) is 85.4 cm³/mol. The molecule has 0 spiro atoms. The van der Waals surface area contributed by atoms with Crippen molar-refractivity contribution in [3.63, 3.8) is 0 Å². The molecule has 0 aromatic heterocycles. The van der Waals surface area contributed by atoms with Gasteiger partial charge in [0, 0.05) is 0 Å². The zero-order valence-electron chi connectivity index (χ0n) is 13.1. The number of hydrogen-bond acceptors (Lipinski definition) is 5. The van der Waals surface area contributed by atoms with Crippen LogP contribution in [0.4, 0.5) is 9.59 Å². The summed E-state index contributed by atoms with van der Waals surface area (Å²) in [5.41, 5.74) is 3.24. The van der Waals surface area contributed by atoms with Crippen LogP contribution in [-0.2, 0) is 9.47 Å². The molecular weight excluding hydrogens is 296 g/mol. The molecule has 0 bridgehead atoms. The second-order valence-electron chi connectivity index (χ2n) is 4.94. The number of benzene rings is 2. The van der Waals surface area contributed by atoms with Crippen LogP contribution in [0.3, 0.4) is 0 Å². The van der Waals surface area contributed by atoms with Gasteiger partial charge in [-0.15, -0.1) is 0 Å². The van der Waals surface area contributed by atoms with Crippen LogP contribution in [0.2, 0.25) is 0 Å². The fraction of sp³-hybridized carbons (Fsp3) is 0.222.